The van der Waals surface area contributed by atoms with Crippen LogP contribution in [-0.2, 0) is 4.79 Å². The van der Waals surface area contributed by atoms with Gasteiger partial charge in [0.25, 0.3) is 5.91 Å². The fourth-order valence-corrected chi connectivity index (χ4v) is 5.89. The highest BCUT2D eigenvalue weighted by Crippen LogP contribution is 2.46. The van der Waals surface area contributed by atoms with E-state index in [1.54, 1.807) is 18.6 Å². The summed E-state index contributed by atoms with van der Waals surface area (Å²) in [6.07, 6.45) is 7.14. The maximum absolute atomic E-state index is 14.3. The van der Waals surface area contributed by atoms with Gasteiger partial charge in [-0.25, -0.2) is 0 Å². The van der Waals surface area contributed by atoms with Crippen LogP contribution in [0.1, 0.15) is 62.5 Å². The van der Waals surface area contributed by atoms with Crippen molar-refractivity contribution in [2.75, 3.05) is 32.7 Å². The Morgan fingerprint density at radius 1 is 1.03 bits per heavy atom. The summed E-state index contributed by atoms with van der Waals surface area (Å²) in [5.41, 5.74) is 2.34. The van der Waals surface area contributed by atoms with Crippen molar-refractivity contribution < 1.29 is 9.59 Å². The maximum Gasteiger partial charge on any atom is 0.256 e. The minimum absolute atomic E-state index is 0.0444. The summed E-state index contributed by atoms with van der Waals surface area (Å²) >= 11 is 0. The minimum atomic E-state index is -0.315. The van der Waals surface area contributed by atoms with E-state index in [2.05, 4.69) is 54.7 Å². The molecule has 1 N–H and O–H groups in total. The average molecular weight is 502 g/mol. The highest BCUT2D eigenvalue weighted by atomic mass is 16.2. The molecule has 2 amide bonds. The number of benzene rings is 1. The molecule has 2 fully saturated rings. The van der Waals surface area contributed by atoms with E-state index >= 15 is 0 Å². The Balaban J connectivity index is 1.39. The van der Waals surface area contributed by atoms with Crippen molar-refractivity contribution in [1.29, 1.82) is 0 Å². The first-order chi connectivity index (χ1) is 17.8. The molecule has 3 heterocycles. The van der Waals surface area contributed by atoms with Crippen molar-refractivity contribution in [2.24, 2.45) is 11.8 Å². The number of nitrogens with zero attached hydrogens (tertiary/aromatic N) is 4. The van der Waals surface area contributed by atoms with Crippen LogP contribution in [0.2, 0.25) is 0 Å². The summed E-state index contributed by atoms with van der Waals surface area (Å²) in [7, 11) is 0. The fourth-order valence-electron chi connectivity index (χ4n) is 5.89. The van der Waals surface area contributed by atoms with Gasteiger partial charge in [-0.3, -0.25) is 19.5 Å². The maximum atomic E-state index is 14.3. The first-order valence-electron chi connectivity index (χ1n) is 13.6. The number of hydrogen-bond donors (Lipinski definition) is 1. The van der Waals surface area contributed by atoms with Crippen molar-refractivity contribution in [3.63, 3.8) is 0 Å². The highest BCUT2D eigenvalue weighted by molar-refractivity contribution is 6.07. The van der Waals surface area contributed by atoms with Gasteiger partial charge in [0.05, 0.1) is 22.8 Å². The molecular weight excluding hydrogens is 462 g/mol. The second-order valence-corrected chi connectivity index (χ2v) is 11.6. The Labute approximate surface area is 219 Å². The van der Waals surface area contributed by atoms with Gasteiger partial charge in [-0.2, -0.15) is 0 Å². The molecule has 0 radical (unpaired) electrons. The molecule has 1 saturated heterocycles. The Bertz CT molecular complexity index is 1240. The SMILES string of the molecule is CC(C)CN(CC(C)C)C(C(=O)N1CCN(C(=O)c2c[nH]c3cnccc23)C2(CC2)C1)c1ccccc1. The quantitative estimate of drug-likeness (QED) is 0.484. The molecule has 3 aromatic rings. The first-order valence-corrected chi connectivity index (χ1v) is 13.6. The number of carbonyl (C=O) groups excluding carboxylic acids is 2. The molecular formula is C30H39N5O2. The lowest BCUT2D eigenvalue weighted by Crippen LogP contribution is -2.60. The second-order valence-electron chi connectivity index (χ2n) is 11.6. The largest absolute Gasteiger partial charge is 0.359 e. The number of pyridine rings is 1. The number of aromatic nitrogens is 2. The van der Waals surface area contributed by atoms with Crippen LogP contribution in [-0.4, -0.2) is 74.7 Å². The van der Waals surface area contributed by atoms with E-state index < -0.39 is 0 Å². The van der Waals surface area contributed by atoms with E-state index in [-0.39, 0.29) is 23.4 Å². The molecule has 1 spiro atoms. The summed E-state index contributed by atoms with van der Waals surface area (Å²) < 4.78 is 0. The predicted octanol–water partition coefficient (Wildman–Crippen LogP) is 4.74. The van der Waals surface area contributed by atoms with Crippen molar-refractivity contribution in [3.05, 3.63) is 66.1 Å². The van der Waals surface area contributed by atoms with Gasteiger partial charge in [0.15, 0.2) is 0 Å². The molecule has 7 heteroatoms. The van der Waals surface area contributed by atoms with Gasteiger partial charge in [-0.15, -0.1) is 0 Å². The third-order valence-corrected chi connectivity index (χ3v) is 7.66. The summed E-state index contributed by atoms with van der Waals surface area (Å²) in [4.78, 5) is 41.7. The average Bonchev–Trinajstić information content (AvgIpc) is 3.49. The molecule has 1 saturated carbocycles. The van der Waals surface area contributed by atoms with Crippen LogP contribution >= 0.6 is 0 Å². The van der Waals surface area contributed by atoms with Crippen LogP contribution in [0.15, 0.2) is 55.0 Å². The van der Waals surface area contributed by atoms with E-state index in [9.17, 15) is 9.59 Å². The molecule has 5 rings (SSSR count). The van der Waals surface area contributed by atoms with Crippen LogP contribution in [0.5, 0.6) is 0 Å². The summed E-state index contributed by atoms with van der Waals surface area (Å²) in [5, 5.41) is 0.900. The van der Waals surface area contributed by atoms with Crippen LogP contribution in [0.4, 0.5) is 0 Å². The second kappa shape index (κ2) is 10.3. The van der Waals surface area contributed by atoms with Crippen LogP contribution in [0.3, 0.4) is 0 Å². The van der Waals surface area contributed by atoms with Gasteiger partial charge >= 0.3 is 0 Å². The van der Waals surface area contributed by atoms with Crippen LogP contribution in [0, 0.1) is 11.8 Å². The van der Waals surface area contributed by atoms with E-state index in [1.165, 1.54) is 0 Å². The smallest absolute Gasteiger partial charge is 0.256 e. The zero-order valence-corrected chi connectivity index (χ0v) is 22.5. The summed E-state index contributed by atoms with van der Waals surface area (Å²) in [5.74, 6) is 1.11. The molecule has 1 aliphatic carbocycles. The van der Waals surface area contributed by atoms with Crippen molar-refractivity contribution in [3.8, 4) is 0 Å². The van der Waals surface area contributed by atoms with E-state index in [1.807, 2.05) is 34.1 Å². The first kappa shape index (κ1) is 25.5. The lowest BCUT2D eigenvalue weighted by atomic mass is 9.99. The molecule has 1 aromatic carbocycles. The Morgan fingerprint density at radius 2 is 1.73 bits per heavy atom. The summed E-state index contributed by atoms with van der Waals surface area (Å²) in [6, 6.07) is 11.8. The van der Waals surface area contributed by atoms with Crippen LogP contribution < -0.4 is 0 Å². The lowest BCUT2D eigenvalue weighted by Gasteiger charge is -2.44. The van der Waals surface area contributed by atoms with E-state index in [0.29, 0.717) is 37.0 Å². The molecule has 1 unspecified atom stereocenters. The van der Waals surface area contributed by atoms with Gasteiger partial charge < -0.3 is 14.8 Å². The molecule has 37 heavy (non-hydrogen) atoms. The third kappa shape index (κ3) is 5.14. The van der Waals surface area contributed by atoms with Gasteiger partial charge in [0, 0.05) is 50.5 Å². The van der Waals surface area contributed by atoms with Crippen LogP contribution in [0.25, 0.3) is 10.9 Å². The number of piperazine rings is 1. The topological polar surface area (TPSA) is 72.5 Å². The molecule has 2 aromatic heterocycles. The van der Waals surface area contributed by atoms with E-state index in [4.69, 9.17) is 0 Å². The van der Waals surface area contributed by atoms with Crippen molar-refractivity contribution >= 4 is 22.7 Å². The predicted molar refractivity (Wildman–Crippen MR) is 146 cm³/mol. The number of hydrogen-bond acceptors (Lipinski definition) is 4. The molecule has 1 aliphatic heterocycles. The van der Waals surface area contributed by atoms with Gasteiger partial charge in [-0.05, 0) is 36.3 Å². The molecule has 196 valence electrons. The molecule has 1 atom stereocenters. The number of H-pyrrole nitrogens is 1. The van der Waals surface area contributed by atoms with Crippen molar-refractivity contribution in [1.82, 2.24) is 24.7 Å². The Morgan fingerprint density at radius 3 is 2.38 bits per heavy atom. The summed E-state index contributed by atoms with van der Waals surface area (Å²) in [6.45, 7) is 12.3. The standard InChI is InChI=1S/C30H39N5O2/c1-21(2)18-34(19-22(3)4)27(23-8-6-5-7-9-23)29(37)33-14-15-35(30(20-33)11-12-30)28(36)25-16-32-26-17-31-13-10-24(25)26/h5-10,13,16-17,21-22,27,32H,11-12,14-15,18-20H2,1-4H3. The lowest BCUT2D eigenvalue weighted by molar-refractivity contribution is -0.141. The molecule has 0 bridgehead atoms. The fraction of sp³-hybridized carbons (Fsp3) is 0.500. The normalized spacial score (nSPS) is 17.8. The van der Waals surface area contributed by atoms with Gasteiger partial charge in [0.1, 0.15) is 6.04 Å². The molecule has 7 nitrogen and oxygen atoms in total. The number of rotatable bonds is 8. The number of carbonyl (C=O) groups is 2. The zero-order valence-electron chi connectivity index (χ0n) is 22.5. The van der Waals surface area contributed by atoms with E-state index in [0.717, 1.165) is 42.4 Å². The number of nitrogens with one attached hydrogen (secondary N) is 1. The van der Waals surface area contributed by atoms with Crippen molar-refractivity contribution in [2.45, 2.75) is 52.1 Å². The van der Waals surface area contributed by atoms with Gasteiger partial charge in [-0.1, -0.05) is 58.0 Å². The zero-order chi connectivity index (χ0) is 26.2. The van der Waals surface area contributed by atoms with Gasteiger partial charge in [0.2, 0.25) is 5.91 Å². The molecule has 2 aliphatic rings. The Kier molecular flexibility index (Phi) is 7.08. The third-order valence-electron chi connectivity index (χ3n) is 7.66. The number of amides is 2. The number of fused-ring (bicyclic) bond motifs is 1. The highest BCUT2D eigenvalue weighted by Gasteiger charge is 2.54. The minimum Gasteiger partial charge on any atom is -0.359 e. The number of aromatic amines is 1. The Hall–Kier alpha value is -3.19. The monoisotopic (exact) mass is 501 g/mol.